The van der Waals surface area contributed by atoms with Crippen LogP contribution in [0.2, 0.25) is 0 Å². The van der Waals surface area contributed by atoms with E-state index < -0.39 is 0 Å². The predicted molar refractivity (Wildman–Crippen MR) is 102 cm³/mol. The summed E-state index contributed by atoms with van der Waals surface area (Å²) in [6.07, 6.45) is 6.62. The zero-order valence-corrected chi connectivity index (χ0v) is 14.7. The van der Waals surface area contributed by atoms with Gasteiger partial charge in [-0.25, -0.2) is 0 Å². The standard InChI is InChI=1S/C21H21N3O/c1-21(2,3)16-7-4-15(5-8-16)6-11-20(25)24-17-9-10-18-19(14-17)23-13-12-22-18/h4-14H,1-3H3,(H,24,25). The van der Waals surface area contributed by atoms with Crippen LogP contribution < -0.4 is 5.32 Å². The maximum absolute atomic E-state index is 12.1. The Hall–Kier alpha value is -3.01. The molecular weight excluding hydrogens is 310 g/mol. The van der Waals surface area contributed by atoms with Gasteiger partial charge in [0, 0.05) is 24.2 Å². The molecule has 0 aliphatic rings. The SMILES string of the molecule is CC(C)(C)c1ccc(C=CC(=O)Nc2ccc3nccnc3c2)cc1. The summed E-state index contributed by atoms with van der Waals surface area (Å²) in [5, 5.41) is 2.85. The summed E-state index contributed by atoms with van der Waals surface area (Å²) >= 11 is 0. The van der Waals surface area contributed by atoms with Crippen molar-refractivity contribution in [3.63, 3.8) is 0 Å². The number of carbonyl (C=O) groups excluding carboxylic acids is 1. The van der Waals surface area contributed by atoms with Crippen molar-refractivity contribution >= 4 is 28.7 Å². The van der Waals surface area contributed by atoms with Gasteiger partial charge >= 0.3 is 0 Å². The first-order valence-electron chi connectivity index (χ1n) is 8.22. The van der Waals surface area contributed by atoms with Gasteiger partial charge in [-0.05, 0) is 40.8 Å². The molecule has 1 aromatic heterocycles. The van der Waals surface area contributed by atoms with Gasteiger partial charge in [0.2, 0.25) is 5.91 Å². The average Bonchev–Trinajstić information content (AvgIpc) is 2.59. The van der Waals surface area contributed by atoms with Gasteiger partial charge in [0.25, 0.3) is 0 Å². The highest BCUT2D eigenvalue weighted by Crippen LogP contribution is 2.22. The van der Waals surface area contributed by atoms with Crippen molar-refractivity contribution in [2.24, 2.45) is 0 Å². The molecule has 0 aliphatic carbocycles. The Bertz CT molecular complexity index is 922. The fraction of sp³-hybridized carbons (Fsp3) is 0.190. The van der Waals surface area contributed by atoms with Gasteiger partial charge in [-0.1, -0.05) is 45.0 Å². The number of aromatic nitrogens is 2. The van der Waals surface area contributed by atoms with E-state index in [0.29, 0.717) is 5.69 Å². The second-order valence-corrected chi connectivity index (χ2v) is 6.95. The number of anilines is 1. The van der Waals surface area contributed by atoms with E-state index in [-0.39, 0.29) is 11.3 Å². The summed E-state index contributed by atoms with van der Waals surface area (Å²) in [4.78, 5) is 20.6. The lowest BCUT2D eigenvalue weighted by atomic mass is 9.87. The first-order chi connectivity index (χ1) is 11.9. The molecule has 3 aromatic rings. The van der Waals surface area contributed by atoms with Crippen LogP contribution in [0, 0.1) is 0 Å². The van der Waals surface area contributed by atoms with E-state index in [9.17, 15) is 4.79 Å². The van der Waals surface area contributed by atoms with E-state index in [1.165, 1.54) is 11.6 Å². The minimum atomic E-state index is -0.178. The normalized spacial score (nSPS) is 11.8. The van der Waals surface area contributed by atoms with Crippen LogP contribution in [-0.4, -0.2) is 15.9 Å². The lowest BCUT2D eigenvalue weighted by Crippen LogP contribution is -2.10. The first kappa shape index (κ1) is 16.8. The van der Waals surface area contributed by atoms with Crippen molar-refractivity contribution in [2.75, 3.05) is 5.32 Å². The molecule has 0 saturated carbocycles. The van der Waals surface area contributed by atoms with Crippen LogP contribution in [0.25, 0.3) is 17.1 Å². The number of carbonyl (C=O) groups is 1. The molecule has 0 spiro atoms. The zero-order chi connectivity index (χ0) is 17.9. The third kappa shape index (κ3) is 4.29. The number of hydrogen-bond acceptors (Lipinski definition) is 3. The molecule has 0 unspecified atom stereocenters. The molecule has 1 heterocycles. The highest BCUT2D eigenvalue weighted by atomic mass is 16.1. The Morgan fingerprint density at radius 3 is 2.32 bits per heavy atom. The van der Waals surface area contributed by atoms with E-state index in [2.05, 4.69) is 48.2 Å². The molecular formula is C21H21N3O. The molecule has 1 amide bonds. The molecule has 0 bridgehead atoms. The van der Waals surface area contributed by atoms with Crippen LogP contribution in [0.1, 0.15) is 31.9 Å². The van der Waals surface area contributed by atoms with E-state index >= 15 is 0 Å². The van der Waals surface area contributed by atoms with Crippen LogP contribution in [0.15, 0.2) is 60.9 Å². The summed E-state index contributed by atoms with van der Waals surface area (Å²) in [5.41, 5.74) is 4.64. The number of nitrogens with zero attached hydrogens (tertiary/aromatic N) is 2. The van der Waals surface area contributed by atoms with Crippen LogP contribution in [0.4, 0.5) is 5.69 Å². The molecule has 2 aromatic carbocycles. The molecule has 0 atom stereocenters. The van der Waals surface area contributed by atoms with Crippen molar-refractivity contribution in [3.8, 4) is 0 Å². The fourth-order valence-electron chi connectivity index (χ4n) is 2.49. The van der Waals surface area contributed by atoms with E-state index in [1.807, 2.05) is 36.4 Å². The third-order valence-corrected chi connectivity index (χ3v) is 3.94. The largest absolute Gasteiger partial charge is 0.322 e. The highest BCUT2D eigenvalue weighted by molar-refractivity contribution is 6.02. The quantitative estimate of drug-likeness (QED) is 0.715. The summed E-state index contributed by atoms with van der Waals surface area (Å²) in [5.74, 6) is -0.178. The average molecular weight is 331 g/mol. The lowest BCUT2D eigenvalue weighted by molar-refractivity contribution is -0.111. The van der Waals surface area contributed by atoms with Crippen LogP contribution in [0.3, 0.4) is 0 Å². The molecule has 0 saturated heterocycles. The van der Waals surface area contributed by atoms with Crippen molar-refractivity contribution in [3.05, 3.63) is 72.1 Å². The fourth-order valence-corrected chi connectivity index (χ4v) is 2.49. The molecule has 25 heavy (non-hydrogen) atoms. The van der Waals surface area contributed by atoms with Crippen molar-refractivity contribution in [1.82, 2.24) is 9.97 Å². The maximum atomic E-state index is 12.1. The summed E-state index contributed by atoms with van der Waals surface area (Å²) < 4.78 is 0. The van der Waals surface area contributed by atoms with Gasteiger partial charge in [0.1, 0.15) is 0 Å². The van der Waals surface area contributed by atoms with E-state index in [0.717, 1.165) is 16.6 Å². The van der Waals surface area contributed by atoms with Crippen molar-refractivity contribution in [2.45, 2.75) is 26.2 Å². The Labute approximate surface area is 147 Å². The Morgan fingerprint density at radius 1 is 0.960 bits per heavy atom. The highest BCUT2D eigenvalue weighted by Gasteiger charge is 2.12. The summed E-state index contributed by atoms with van der Waals surface area (Å²) in [7, 11) is 0. The molecule has 0 radical (unpaired) electrons. The molecule has 1 N–H and O–H groups in total. The number of amides is 1. The Balaban J connectivity index is 1.67. The van der Waals surface area contributed by atoms with Gasteiger partial charge in [0.15, 0.2) is 0 Å². The molecule has 4 nitrogen and oxygen atoms in total. The monoisotopic (exact) mass is 331 g/mol. The number of fused-ring (bicyclic) bond motifs is 1. The summed E-state index contributed by atoms with van der Waals surface area (Å²) in [6.45, 7) is 6.54. The molecule has 0 aliphatic heterocycles. The number of rotatable bonds is 3. The zero-order valence-electron chi connectivity index (χ0n) is 14.7. The van der Waals surface area contributed by atoms with E-state index in [4.69, 9.17) is 0 Å². The van der Waals surface area contributed by atoms with Gasteiger partial charge in [-0.3, -0.25) is 14.8 Å². The number of benzene rings is 2. The van der Waals surface area contributed by atoms with Gasteiger partial charge in [-0.2, -0.15) is 0 Å². The third-order valence-electron chi connectivity index (χ3n) is 3.94. The molecule has 126 valence electrons. The minimum Gasteiger partial charge on any atom is -0.322 e. The Kier molecular flexibility index (Phi) is 4.61. The van der Waals surface area contributed by atoms with Crippen molar-refractivity contribution < 1.29 is 4.79 Å². The topological polar surface area (TPSA) is 54.9 Å². The first-order valence-corrected chi connectivity index (χ1v) is 8.22. The minimum absolute atomic E-state index is 0.124. The summed E-state index contributed by atoms with van der Waals surface area (Å²) in [6, 6.07) is 13.7. The maximum Gasteiger partial charge on any atom is 0.248 e. The second kappa shape index (κ2) is 6.85. The lowest BCUT2D eigenvalue weighted by Gasteiger charge is -2.18. The van der Waals surface area contributed by atoms with Crippen LogP contribution in [0.5, 0.6) is 0 Å². The van der Waals surface area contributed by atoms with E-state index in [1.54, 1.807) is 12.4 Å². The van der Waals surface area contributed by atoms with Gasteiger partial charge in [-0.15, -0.1) is 0 Å². The van der Waals surface area contributed by atoms with Crippen LogP contribution in [-0.2, 0) is 10.2 Å². The molecule has 4 heteroatoms. The smallest absolute Gasteiger partial charge is 0.248 e. The van der Waals surface area contributed by atoms with Crippen molar-refractivity contribution in [1.29, 1.82) is 0 Å². The van der Waals surface area contributed by atoms with Crippen LogP contribution >= 0.6 is 0 Å². The molecule has 3 rings (SSSR count). The second-order valence-electron chi connectivity index (χ2n) is 6.95. The number of nitrogens with one attached hydrogen (secondary N) is 1. The Morgan fingerprint density at radius 2 is 1.64 bits per heavy atom. The van der Waals surface area contributed by atoms with Gasteiger partial charge < -0.3 is 5.32 Å². The molecule has 0 fully saturated rings. The number of hydrogen-bond donors (Lipinski definition) is 1. The van der Waals surface area contributed by atoms with Gasteiger partial charge in [0.05, 0.1) is 11.0 Å². The predicted octanol–water partition coefficient (Wildman–Crippen LogP) is 4.58.